The number of likely N-dealkylation sites (tertiary alicyclic amines) is 1. The number of piperidine rings is 1. The minimum Gasteiger partial charge on any atom is -0.497 e. The molecular weight excluding hydrogens is 524 g/mol. The maximum absolute atomic E-state index is 13.4. The maximum Gasteiger partial charge on any atom is 0.272 e. The Hall–Kier alpha value is -4.99. The standard InChI is InChI=1S/C31H28N4O6/c1-39-20-5-7-24-21(14-20)28(40-2)15-25(34-24)30(38)35-11-9-31(10-12-35)16-26(36)22-13-18(4-8-27(22)41-31)23-6-3-19(17-33-23)29(32)37/h3-8,13-15,17H,9-12,16H2,1-2H3,(H2,32,37). The summed E-state index contributed by atoms with van der Waals surface area (Å²) < 4.78 is 17.3. The number of carbonyl (C=O) groups excluding carboxylic acids is 3. The van der Waals surface area contributed by atoms with Crippen molar-refractivity contribution in [2.45, 2.75) is 24.9 Å². The van der Waals surface area contributed by atoms with Gasteiger partial charge >= 0.3 is 0 Å². The number of nitrogens with zero attached hydrogens (tertiary/aromatic N) is 3. The van der Waals surface area contributed by atoms with Crippen LogP contribution in [0.5, 0.6) is 17.2 Å². The molecule has 10 heteroatoms. The molecule has 2 aliphatic rings. The zero-order chi connectivity index (χ0) is 28.7. The second-order valence-corrected chi connectivity index (χ2v) is 10.3. The number of rotatable bonds is 5. The molecule has 2 aromatic carbocycles. The van der Waals surface area contributed by atoms with Crippen molar-refractivity contribution in [2.75, 3.05) is 27.3 Å². The first kappa shape index (κ1) is 26.2. The van der Waals surface area contributed by atoms with E-state index in [9.17, 15) is 14.4 Å². The first-order valence-electron chi connectivity index (χ1n) is 13.2. The summed E-state index contributed by atoms with van der Waals surface area (Å²) >= 11 is 0. The molecule has 0 radical (unpaired) electrons. The van der Waals surface area contributed by atoms with Crippen molar-refractivity contribution in [2.24, 2.45) is 5.73 Å². The molecule has 1 spiro atoms. The number of aromatic nitrogens is 2. The van der Waals surface area contributed by atoms with Gasteiger partial charge in [-0.1, -0.05) is 0 Å². The molecule has 2 amide bonds. The molecule has 2 aromatic heterocycles. The largest absolute Gasteiger partial charge is 0.497 e. The average Bonchev–Trinajstić information content (AvgIpc) is 3.00. The lowest BCUT2D eigenvalue weighted by Crippen LogP contribution is -2.52. The van der Waals surface area contributed by atoms with E-state index in [2.05, 4.69) is 9.97 Å². The van der Waals surface area contributed by atoms with Crippen molar-refractivity contribution in [1.82, 2.24) is 14.9 Å². The van der Waals surface area contributed by atoms with Crippen molar-refractivity contribution < 1.29 is 28.6 Å². The average molecular weight is 553 g/mol. The smallest absolute Gasteiger partial charge is 0.272 e. The fourth-order valence-electron chi connectivity index (χ4n) is 5.50. The molecule has 4 aromatic rings. The Labute approximate surface area is 236 Å². The topological polar surface area (TPSA) is 134 Å². The molecule has 1 fully saturated rings. The van der Waals surface area contributed by atoms with Gasteiger partial charge in [0.25, 0.3) is 5.91 Å². The number of nitrogens with two attached hydrogens (primary N) is 1. The number of benzene rings is 2. The van der Waals surface area contributed by atoms with E-state index in [0.29, 0.717) is 71.2 Å². The van der Waals surface area contributed by atoms with Crippen LogP contribution in [-0.2, 0) is 0 Å². The molecule has 41 heavy (non-hydrogen) atoms. The number of Topliss-reactive ketones (excluding diaryl/α,β-unsaturated/α-hetero) is 1. The molecule has 208 valence electrons. The van der Waals surface area contributed by atoms with Gasteiger partial charge in [0.05, 0.1) is 43.0 Å². The Bertz CT molecular complexity index is 1690. The van der Waals surface area contributed by atoms with E-state index in [1.54, 1.807) is 61.6 Å². The SMILES string of the molecule is COc1ccc2nc(C(=O)N3CCC4(CC3)CC(=O)c3cc(-c5ccc(C(N)=O)cn5)ccc3O4)cc(OC)c2c1. The summed E-state index contributed by atoms with van der Waals surface area (Å²) in [6.07, 6.45) is 2.68. The number of ketones is 1. The van der Waals surface area contributed by atoms with Crippen molar-refractivity contribution in [3.63, 3.8) is 0 Å². The van der Waals surface area contributed by atoms with E-state index in [1.807, 2.05) is 12.1 Å². The molecule has 2 N–H and O–H groups in total. The second kappa shape index (κ2) is 10.2. The lowest BCUT2D eigenvalue weighted by molar-refractivity contribution is -0.00584. The van der Waals surface area contributed by atoms with Crippen molar-refractivity contribution >= 4 is 28.5 Å². The van der Waals surface area contributed by atoms with Crippen molar-refractivity contribution in [1.29, 1.82) is 0 Å². The van der Waals surface area contributed by atoms with Gasteiger partial charge in [-0.25, -0.2) is 4.98 Å². The number of hydrogen-bond acceptors (Lipinski definition) is 8. The molecule has 0 bridgehead atoms. The number of pyridine rings is 2. The van der Waals surface area contributed by atoms with Crippen LogP contribution in [0.15, 0.2) is 60.8 Å². The number of carbonyl (C=O) groups is 3. The Morgan fingerprint density at radius 1 is 1.00 bits per heavy atom. The zero-order valence-corrected chi connectivity index (χ0v) is 22.7. The molecular formula is C31H28N4O6. The Morgan fingerprint density at radius 3 is 2.49 bits per heavy atom. The number of hydrogen-bond donors (Lipinski definition) is 1. The highest BCUT2D eigenvalue weighted by molar-refractivity contribution is 6.02. The predicted molar refractivity (Wildman–Crippen MR) is 150 cm³/mol. The third-order valence-electron chi connectivity index (χ3n) is 7.81. The van der Waals surface area contributed by atoms with E-state index in [1.165, 1.54) is 6.20 Å². The van der Waals surface area contributed by atoms with Crippen molar-refractivity contribution in [3.05, 3.63) is 77.6 Å². The monoisotopic (exact) mass is 552 g/mol. The fourth-order valence-corrected chi connectivity index (χ4v) is 5.50. The van der Waals surface area contributed by atoms with Crippen LogP contribution in [0.4, 0.5) is 0 Å². The van der Waals surface area contributed by atoms with Crippen LogP contribution in [-0.4, -0.2) is 65.4 Å². The van der Waals surface area contributed by atoms with Gasteiger partial charge in [-0.05, 0) is 48.5 Å². The second-order valence-electron chi connectivity index (χ2n) is 10.3. The summed E-state index contributed by atoms with van der Waals surface area (Å²) in [5.41, 5.74) is 7.74. The van der Waals surface area contributed by atoms with Crippen LogP contribution in [0.25, 0.3) is 22.2 Å². The quantitative estimate of drug-likeness (QED) is 0.392. The number of ether oxygens (including phenoxy) is 3. The summed E-state index contributed by atoms with van der Waals surface area (Å²) in [4.78, 5) is 48.7. The Morgan fingerprint density at radius 2 is 1.80 bits per heavy atom. The lowest BCUT2D eigenvalue weighted by atomic mass is 9.82. The third kappa shape index (κ3) is 4.82. The summed E-state index contributed by atoms with van der Waals surface area (Å²) in [5, 5.41) is 0.760. The van der Waals surface area contributed by atoms with Gasteiger partial charge in [0, 0.05) is 49.1 Å². The molecule has 0 atom stereocenters. The molecule has 2 aliphatic heterocycles. The first-order valence-corrected chi connectivity index (χ1v) is 13.2. The Balaban J connectivity index is 1.18. The summed E-state index contributed by atoms with van der Waals surface area (Å²) in [7, 11) is 3.15. The minimum absolute atomic E-state index is 0.0157. The summed E-state index contributed by atoms with van der Waals surface area (Å²) in [6.45, 7) is 0.862. The number of methoxy groups -OCH3 is 2. The van der Waals surface area contributed by atoms with Crippen LogP contribution < -0.4 is 19.9 Å². The normalized spacial score (nSPS) is 15.8. The van der Waals surface area contributed by atoms with E-state index in [0.717, 1.165) is 10.9 Å². The number of fused-ring (bicyclic) bond motifs is 2. The van der Waals surface area contributed by atoms with Crippen LogP contribution >= 0.6 is 0 Å². The fraction of sp³-hybridized carbons (Fsp3) is 0.258. The summed E-state index contributed by atoms with van der Waals surface area (Å²) in [6, 6.07) is 15.8. The van der Waals surface area contributed by atoms with Crippen LogP contribution in [0.1, 0.15) is 50.5 Å². The Kier molecular flexibility index (Phi) is 6.53. The van der Waals surface area contributed by atoms with Crippen LogP contribution in [0, 0.1) is 0 Å². The van der Waals surface area contributed by atoms with Gasteiger partial charge < -0.3 is 24.8 Å². The van der Waals surface area contributed by atoms with E-state index in [4.69, 9.17) is 19.9 Å². The maximum atomic E-state index is 13.4. The van der Waals surface area contributed by atoms with Gasteiger partial charge in [-0.2, -0.15) is 0 Å². The van der Waals surface area contributed by atoms with Gasteiger partial charge in [0.15, 0.2) is 5.78 Å². The summed E-state index contributed by atoms with van der Waals surface area (Å²) in [5.74, 6) is 0.978. The van der Waals surface area contributed by atoms with Crippen LogP contribution in [0.3, 0.4) is 0 Å². The lowest BCUT2D eigenvalue weighted by Gasteiger charge is -2.44. The molecule has 4 heterocycles. The molecule has 0 saturated carbocycles. The first-order chi connectivity index (χ1) is 19.8. The predicted octanol–water partition coefficient (Wildman–Crippen LogP) is 4.05. The minimum atomic E-state index is -0.672. The number of primary amides is 1. The molecule has 1 saturated heterocycles. The highest BCUT2D eigenvalue weighted by atomic mass is 16.5. The van der Waals surface area contributed by atoms with E-state index >= 15 is 0 Å². The van der Waals surface area contributed by atoms with Gasteiger partial charge in [0.2, 0.25) is 5.91 Å². The van der Waals surface area contributed by atoms with Gasteiger partial charge in [-0.15, -0.1) is 0 Å². The van der Waals surface area contributed by atoms with Crippen LogP contribution in [0.2, 0.25) is 0 Å². The molecule has 0 aliphatic carbocycles. The van der Waals surface area contributed by atoms with E-state index in [-0.39, 0.29) is 18.1 Å². The van der Waals surface area contributed by atoms with E-state index < -0.39 is 11.5 Å². The third-order valence-corrected chi connectivity index (χ3v) is 7.81. The highest BCUT2D eigenvalue weighted by Crippen LogP contribution is 2.41. The number of amides is 2. The molecule has 0 unspecified atom stereocenters. The zero-order valence-electron chi connectivity index (χ0n) is 22.7. The van der Waals surface area contributed by atoms with Crippen molar-refractivity contribution in [3.8, 4) is 28.5 Å². The molecule has 10 nitrogen and oxygen atoms in total. The van der Waals surface area contributed by atoms with Gasteiger partial charge in [-0.3, -0.25) is 19.4 Å². The van der Waals surface area contributed by atoms with Gasteiger partial charge in [0.1, 0.15) is 28.5 Å². The highest BCUT2D eigenvalue weighted by Gasteiger charge is 2.44. The molecule has 6 rings (SSSR count).